The van der Waals surface area contributed by atoms with Crippen LogP contribution in [0, 0.1) is 5.82 Å². The molecule has 1 unspecified atom stereocenters. The molecule has 0 bridgehead atoms. The summed E-state index contributed by atoms with van der Waals surface area (Å²) in [4.78, 5) is 4.31. The molecule has 0 saturated carbocycles. The van der Waals surface area contributed by atoms with Crippen molar-refractivity contribution in [3.63, 3.8) is 0 Å². The van der Waals surface area contributed by atoms with Gasteiger partial charge in [0.25, 0.3) is 0 Å². The van der Waals surface area contributed by atoms with Gasteiger partial charge in [-0.05, 0) is 41.5 Å². The monoisotopic (exact) mass is 330 g/mol. The van der Waals surface area contributed by atoms with E-state index in [1.165, 1.54) is 12.1 Å². The zero-order valence-electron chi connectivity index (χ0n) is 10.6. The molecule has 0 fully saturated rings. The number of nitrogens with two attached hydrogens (primary N) is 1. The van der Waals surface area contributed by atoms with Crippen LogP contribution in [0.2, 0.25) is 0 Å². The number of hydrogen-bond acceptors (Lipinski definition) is 2. The van der Waals surface area contributed by atoms with Crippen molar-refractivity contribution in [2.45, 2.75) is 6.04 Å². The summed E-state index contributed by atoms with van der Waals surface area (Å²) in [7, 11) is 0. The van der Waals surface area contributed by atoms with Crippen molar-refractivity contribution < 1.29 is 4.39 Å². The zero-order valence-corrected chi connectivity index (χ0v) is 12.1. The third-order valence-electron chi connectivity index (χ3n) is 3.26. The first-order valence-electron chi connectivity index (χ1n) is 6.20. The molecule has 0 aliphatic heterocycles. The summed E-state index contributed by atoms with van der Waals surface area (Å²) < 4.78 is 14.2. The van der Waals surface area contributed by atoms with Gasteiger partial charge in [-0.3, -0.25) is 4.98 Å². The maximum absolute atomic E-state index is 13.5. The Bertz CT molecular complexity index is 748. The fourth-order valence-corrected chi connectivity index (χ4v) is 2.82. The second-order valence-corrected chi connectivity index (χ2v) is 5.51. The number of halogens is 2. The van der Waals surface area contributed by atoms with Crippen molar-refractivity contribution in [3.05, 3.63) is 76.1 Å². The van der Waals surface area contributed by atoms with E-state index in [1.807, 2.05) is 36.4 Å². The number of aromatic nitrogens is 1. The SMILES string of the molecule is NC(c1cc(F)cc(Br)c1)c1cccc2ncccc12. The van der Waals surface area contributed by atoms with E-state index >= 15 is 0 Å². The highest BCUT2D eigenvalue weighted by Gasteiger charge is 2.13. The average molecular weight is 331 g/mol. The summed E-state index contributed by atoms with van der Waals surface area (Å²) in [5, 5.41) is 0.989. The average Bonchev–Trinajstić information content (AvgIpc) is 2.45. The van der Waals surface area contributed by atoms with Crippen LogP contribution in [0.5, 0.6) is 0 Å². The normalized spacial score (nSPS) is 12.6. The van der Waals surface area contributed by atoms with E-state index in [0.717, 1.165) is 22.0 Å². The Hall–Kier alpha value is -1.78. The molecular weight excluding hydrogens is 319 g/mol. The van der Waals surface area contributed by atoms with Crippen molar-refractivity contribution in [1.29, 1.82) is 0 Å². The van der Waals surface area contributed by atoms with E-state index in [4.69, 9.17) is 5.73 Å². The quantitative estimate of drug-likeness (QED) is 0.765. The summed E-state index contributed by atoms with van der Waals surface area (Å²) in [6, 6.07) is 14.0. The van der Waals surface area contributed by atoms with Gasteiger partial charge in [0, 0.05) is 16.1 Å². The molecule has 0 aliphatic carbocycles. The number of hydrogen-bond donors (Lipinski definition) is 1. The molecule has 2 N–H and O–H groups in total. The number of rotatable bonds is 2. The topological polar surface area (TPSA) is 38.9 Å². The molecule has 0 spiro atoms. The Kier molecular flexibility index (Phi) is 3.51. The van der Waals surface area contributed by atoms with Crippen LogP contribution < -0.4 is 5.73 Å². The van der Waals surface area contributed by atoms with E-state index in [-0.39, 0.29) is 5.82 Å². The van der Waals surface area contributed by atoms with Crippen LogP contribution in [0.1, 0.15) is 17.2 Å². The lowest BCUT2D eigenvalue weighted by atomic mass is 9.96. The van der Waals surface area contributed by atoms with Crippen molar-refractivity contribution in [2.75, 3.05) is 0 Å². The number of fused-ring (bicyclic) bond motifs is 1. The number of nitrogens with zero attached hydrogens (tertiary/aromatic N) is 1. The molecule has 2 nitrogen and oxygen atoms in total. The first-order valence-corrected chi connectivity index (χ1v) is 6.99. The Balaban J connectivity index is 2.15. The highest BCUT2D eigenvalue weighted by atomic mass is 79.9. The molecule has 4 heteroatoms. The molecule has 1 aromatic heterocycles. The lowest BCUT2D eigenvalue weighted by Crippen LogP contribution is -2.12. The molecule has 1 heterocycles. The predicted octanol–water partition coefficient (Wildman–Crippen LogP) is 4.18. The van der Waals surface area contributed by atoms with Gasteiger partial charge in [-0.1, -0.05) is 34.1 Å². The third kappa shape index (κ3) is 2.44. The molecule has 0 radical (unpaired) electrons. The maximum atomic E-state index is 13.5. The molecule has 20 heavy (non-hydrogen) atoms. The molecule has 0 aliphatic rings. The Labute approximate surface area is 124 Å². The second kappa shape index (κ2) is 5.31. The van der Waals surface area contributed by atoms with E-state index in [1.54, 1.807) is 6.20 Å². The molecule has 0 saturated heterocycles. The molecule has 100 valence electrons. The van der Waals surface area contributed by atoms with Crippen molar-refractivity contribution in [2.24, 2.45) is 5.73 Å². The van der Waals surface area contributed by atoms with E-state index in [2.05, 4.69) is 20.9 Å². The van der Waals surface area contributed by atoms with Gasteiger partial charge >= 0.3 is 0 Å². The van der Waals surface area contributed by atoms with Gasteiger partial charge in [-0.2, -0.15) is 0 Å². The van der Waals surface area contributed by atoms with Gasteiger partial charge < -0.3 is 5.73 Å². The molecule has 1 atom stereocenters. The Morgan fingerprint density at radius 2 is 1.95 bits per heavy atom. The third-order valence-corrected chi connectivity index (χ3v) is 3.72. The van der Waals surface area contributed by atoms with Crippen LogP contribution in [-0.2, 0) is 0 Å². The molecule has 3 aromatic rings. The predicted molar refractivity (Wildman–Crippen MR) is 81.9 cm³/mol. The maximum Gasteiger partial charge on any atom is 0.124 e. The van der Waals surface area contributed by atoms with Crippen molar-refractivity contribution >= 4 is 26.8 Å². The largest absolute Gasteiger partial charge is 0.320 e. The van der Waals surface area contributed by atoms with Gasteiger partial charge in [0.2, 0.25) is 0 Å². The Morgan fingerprint density at radius 3 is 2.75 bits per heavy atom. The molecule has 2 aromatic carbocycles. The fourth-order valence-electron chi connectivity index (χ4n) is 2.33. The number of pyridine rings is 1. The summed E-state index contributed by atoms with van der Waals surface area (Å²) in [5.41, 5.74) is 8.86. The van der Waals surface area contributed by atoms with Crippen LogP contribution in [0.4, 0.5) is 4.39 Å². The minimum absolute atomic E-state index is 0.303. The first kappa shape index (κ1) is 13.2. The van der Waals surface area contributed by atoms with Gasteiger partial charge in [0.05, 0.1) is 11.6 Å². The van der Waals surface area contributed by atoms with Crippen LogP contribution in [-0.4, -0.2) is 4.98 Å². The van der Waals surface area contributed by atoms with Gasteiger partial charge in [0.1, 0.15) is 5.82 Å². The van der Waals surface area contributed by atoms with Gasteiger partial charge in [0.15, 0.2) is 0 Å². The van der Waals surface area contributed by atoms with E-state index in [9.17, 15) is 4.39 Å². The first-order chi connectivity index (χ1) is 9.65. The van der Waals surface area contributed by atoms with Gasteiger partial charge in [-0.25, -0.2) is 4.39 Å². The lowest BCUT2D eigenvalue weighted by molar-refractivity contribution is 0.622. The molecule has 0 amide bonds. The van der Waals surface area contributed by atoms with Crippen LogP contribution in [0.3, 0.4) is 0 Å². The fraction of sp³-hybridized carbons (Fsp3) is 0.0625. The molecular formula is C16H12BrFN2. The smallest absolute Gasteiger partial charge is 0.124 e. The lowest BCUT2D eigenvalue weighted by Gasteiger charge is -2.15. The zero-order chi connectivity index (χ0) is 14.1. The van der Waals surface area contributed by atoms with Crippen LogP contribution in [0.25, 0.3) is 10.9 Å². The van der Waals surface area contributed by atoms with E-state index < -0.39 is 6.04 Å². The summed E-state index contributed by atoms with van der Waals surface area (Å²) in [5.74, 6) is -0.303. The standard InChI is InChI=1S/C16H12BrFN2/c17-11-7-10(8-12(18)9-11)16(19)14-3-1-5-15-13(14)4-2-6-20-15/h1-9,16H,19H2. The highest BCUT2D eigenvalue weighted by molar-refractivity contribution is 9.10. The van der Waals surface area contributed by atoms with Gasteiger partial charge in [-0.15, -0.1) is 0 Å². The highest BCUT2D eigenvalue weighted by Crippen LogP contribution is 2.28. The van der Waals surface area contributed by atoms with Crippen molar-refractivity contribution in [3.8, 4) is 0 Å². The second-order valence-electron chi connectivity index (χ2n) is 4.60. The minimum atomic E-state index is -0.394. The van der Waals surface area contributed by atoms with Crippen LogP contribution >= 0.6 is 15.9 Å². The summed E-state index contributed by atoms with van der Waals surface area (Å²) in [6.45, 7) is 0. The van der Waals surface area contributed by atoms with E-state index in [0.29, 0.717) is 4.47 Å². The Morgan fingerprint density at radius 1 is 1.10 bits per heavy atom. The molecule has 3 rings (SSSR count). The minimum Gasteiger partial charge on any atom is -0.320 e. The van der Waals surface area contributed by atoms with Crippen molar-refractivity contribution in [1.82, 2.24) is 4.98 Å². The summed E-state index contributed by atoms with van der Waals surface area (Å²) in [6.07, 6.45) is 1.75. The van der Waals surface area contributed by atoms with Crippen LogP contribution in [0.15, 0.2) is 59.2 Å². The summed E-state index contributed by atoms with van der Waals surface area (Å²) >= 11 is 3.30. The number of benzene rings is 2.